The second-order valence-corrected chi connectivity index (χ2v) is 4.86. The van der Waals surface area contributed by atoms with Crippen molar-refractivity contribution in [3.8, 4) is 0 Å². The first-order chi connectivity index (χ1) is 8.31. The van der Waals surface area contributed by atoms with E-state index >= 15 is 0 Å². The number of rotatable bonds is 2. The third-order valence-electron chi connectivity index (χ3n) is 2.90. The molecule has 0 radical (unpaired) electrons. The molecule has 5 nitrogen and oxygen atoms in total. The number of fused-ring (bicyclic) bond motifs is 1. The van der Waals surface area contributed by atoms with Crippen LogP contribution in [-0.2, 0) is 19.5 Å². The van der Waals surface area contributed by atoms with Crippen LogP contribution in [0.25, 0.3) is 0 Å². The maximum absolute atomic E-state index is 5.58. The lowest BCUT2D eigenvalue weighted by Gasteiger charge is -2.27. The molecule has 88 valence electrons. The van der Waals surface area contributed by atoms with E-state index in [4.69, 9.17) is 5.73 Å². The minimum Gasteiger partial charge on any atom is -0.368 e. The maximum Gasteiger partial charge on any atom is 0.220 e. The zero-order valence-electron chi connectivity index (χ0n) is 9.33. The highest BCUT2D eigenvalue weighted by molar-refractivity contribution is 7.07. The summed E-state index contributed by atoms with van der Waals surface area (Å²) in [7, 11) is 0. The van der Waals surface area contributed by atoms with E-state index in [0.717, 1.165) is 37.4 Å². The first-order valence-corrected chi connectivity index (χ1v) is 6.45. The van der Waals surface area contributed by atoms with Gasteiger partial charge in [-0.2, -0.15) is 0 Å². The fourth-order valence-corrected chi connectivity index (χ4v) is 2.62. The van der Waals surface area contributed by atoms with Gasteiger partial charge in [-0.05, 0) is 0 Å². The number of anilines is 1. The first-order valence-electron chi connectivity index (χ1n) is 5.51. The van der Waals surface area contributed by atoms with Crippen molar-refractivity contribution in [2.45, 2.75) is 19.5 Å². The fraction of sp³-hybridized carbons (Fsp3) is 0.364. The number of aromatic nitrogens is 3. The van der Waals surface area contributed by atoms with Gasteiger partial charge in [-0.25, -0.2) is 15.0 Å². The second kappa shape index (κ2) is 4.38. The molecule has 0 amide bonds. The Bertz CT molecular complexity index is 511. The average Bonchev–Trinajstić information content (AvgIpc) is 2.82. The lowest BCUT2D eigenvalue weighted by atomic mass is 10.1. The molecule has 2 aromatic heterocycles. The lowest BCUT2D eigenvalue weighted by molar-refractivity contribution is 0.240. The van der Waals surface area contributed by atoms with Crippen LogP contribution in [0, 0.1) is 0 Å². The molecule has 0 saturated carbocycles. The Morgan fingerprint density at radius 1 is 1.41 bits per heavy atom. The molecule has 2 aromatic rings. The van der Waals surface area contributed by atoms with Crippen LogP contribution in [0.1, 0.15) is 17.0 Å². The molecule has 3 heterocycles. The summed E-state index contributed by atoms with van der Waals surface area (Å²) >= 11 is 1.64. The minimum atomic E-state index is 0.372. The van der Waals surface area contributed by atoms with E-state index in [-0.39, 0.29) is 0 Å². The maximum atomic E-state index is 5.58. The Balaban J connectivity index is 1.74. The van der Waals surface area contributed by atoms with Crippen molar-refractivity contribution < 1.29 is 0 Å². The van der Waals surface area contributed by atoms with Crippen molar-refractivity contribution in [2.75, 3.05) is 12.3 Å². The van der Waals surface area contributed by atoms with Gasteiger partial charge in [0.05, 0.1) is 16.9 Å². The Kier molecular flexibility index (Phi) is 2.74. The van der Waals surface area contributed by atoms with Crippen molar-refractivity contribution in [1.29, 1.82) is 0 Å². The topological polar surface area (TPSA) is 67.9 Å². The van der Waals surface area contributed by atoms with Crippen molar-refractivity contribution in [3.63, 3.8) is 0 Å². The van der Waals surface area contributed by atoms with Crippen LogP contribution < -0.4 is 5.73 Å². The van der Waals surface area contributed by atoms with Crippen LogP contribution in [0.4, 0.5) is 5.95 Å². The highest BCUT2D eigenvalue weighted by atomic mass is 32.1. The third kappa shape index (κ3) is 2.27. The van der Waals surface area contributed by atoms with Gasteiger partial charge in [0.1, 0.15) is 0 Å². The molecular formula is C11H13N5S. The van der Waals surface area contributed by atoms with Crippen LogP contribution in [0.2, 0.25) is 0 Å². The van der Waals surface area contributed by atoms with Crippen molar-refractivity contribution >= 4 is 17.3 Å². The molecule has 6 heteroatoms. The van der Waals surface area contributed by atoms with E-state index in [2.05, 4.69) is 25.2 Å². The van der Waals surface area contributed by atoms with Crippen LogP contribution in [0.5, 0.6) is 0 Å². The van der Waals surface area contributed by atoms with Gasteiger partial charge in [-0.3, -0.25) is 4.90 Å². The van der Waals surface area contributed by atoms with Crippen molar-refractivity contribution in [2.24, 2.45) is 0 Å². The smallest absolute Gasteiger partial charge is 0.220 e. The molecule has 0 fully saturated rings. The minimum absolute atomic E-state index is 0.372. The van der Waals surface area contributed by atoms with E-state index in [0.29, 0.717) is 5.95 Å². The predicted molar refractivity (Wildman–Crippen MR) is 66.4 cm³/mol. The Labute approximate surface area is 103 Å². The predicted octanol–water partition coefficient (Wildman–Crippen LogP) is 1.07. The van der Waals surface area contributed by atoms with E-state index in [1.165, 1.54) is 5.56 Å². The summed E-state index contributed by atoms with van der Waals surface area (Å²) in [5.74, 6) is 0.372. The molecule has 0 spiro atoms. The Hall–Kier alpha value is -1.53. The van der Waals surface area contributed by atoms with E-state index in [1.807, 2.05) is 11.7 Å². The molecule has 0 aromatic carbocycles. The highest BCUT2D eigenvalue weighted by Gasteiger charge is 2.18. The molecular weight excluding hydrogens is 234 g/mol. The molecule has 0 unspecified atom stereocenters. The first kappa shape index (κ1) is 10.6. The number of nitrogens with two attached hydrogens (primary N) is 1. The summed E-state index contributed by atoms with van der Waals surface area (Å²) in [6.07, 6.45) is 2.77. The van der Waals surface area contributed by atoms with Crippen molar-refractivity contribution in [1.82, 2.24) is 19.9 Å². The van der Waals surface area contributed by atoms with Crippen LogP contribution in [0.3, 0.4) is 0 Å². The zero-order valence-corrected chi connectivity index (χ0v) is 10.2. The third-order valence-corrected chi connectivity index (χ3v) is 3.54. The number of thiazole rings is 1. The molecule has 1 aliphatic heterocycles. The van der Waals surface area contributed by atoms with Gasteiger partial charge >= 0.3 is 0 Å². The number of hydrogen-bond donors (Lipinski definition) is 1. The van der Waals surface area contributed by atoms with Gasteiger partial charge in [-0.15, -0.1) is 11.3 Å². The molecule has 3 rings (SSSR count). The van der Waals surface area contributed by atoms with Gasteiger partial charge in [0.2, 0.25) is 5.95 Å². The number of nitrogen functional groups attached to an aromatic ring is 1. The summed E-state index contributed by atoms with van der Waals surface area (Å²) in [6.45, 7) is 2.78. The Morgan fingerprint density at radius 3 is 3.18 bits per heavy atom. The van der Waals surface area contributed by atoms with Crippen LogP contribution >= 0.6 is 11.3 Å². The standard InChI is InChI=1S/C11H13N5S/c12-11-13-3-8-4-16(2-1-10(8)15-11)5-9-6-17-7-14-9/h3,6-7H,1-2,4-5H2,(H2,12,13,15). The van der Waals surface area contributed by atoms with Gasteiger partial charge in [0, 0.05) is 43.2 Å². The SMILES string of the molecule is Nc1ncc2c(n1)CCN(Cc1cscn1)C2. The van der Waals surface area contributed by atoms with Crippen LogP contribution in [-0.4, -0.2) is 26.4 Å². The second-order valence-electron chi connectivity index (χ2n) is 4.14. The quantitative estimate of drug-likeness (QED) is 0.860. The summed E-state index contributed by atoms with van der Waals surface area (Å²) in [4.78, 5) is 15.0. The molecule has 2 N–H and O–H groups in total. The monoisotopic (exact) mass is 247 g/mol. The molecule has 0 saturated heterocycles. The van der Waals surface area contributed by atoms with Gasteiger partial charge < -0.3 is 5.73 Å². The molecule has 0 aliphatic carbocycles. The summed E-state index contributed by atoms with van der Waals surface area (Å²) < 4.78 is 0. The van der Waals surface area contributed by atoms with E-state index in [1.54, 1.807) is 11.3 Å². The molecule has 1 aliphatic rings. The van der Waals surface area contributed by atoms with Crippen molar-refractivity contribution in [3.05, 3.63) is 34.0 Å². The Morgan fingerprint density at radius 2 is 2.35 bits per heavy atom. The average molecular weight is 247 g/mol. The lowest BCUT2D eigenvalue weighted by Crippen LogP contribution is -2.31. The summed E-state index contributed by atoms with van der Waals surface area (Å²) in [5, 5.41) is 2.09. The molecule has 0 atom stereocenters. The highest BCUT2D eigenvalue weighted by Crippen LogP contribution is 2.18. The number of nitrogens with zero attached hydrogens (tertiary/aromatic N) is 4. The fourth-order valence-electron chi connectivity index (χ4n) is 2.07. The number of hydrogen-bond acceptors (Lipinski definition) is 6. The largest absolute Gasteiger partial charge is 0.368 e. The van der Waals surface area contributed by atoms with Crippen LogP contribution in [0.15, 0.2) is 17.1 Å². The van der Waals surface area contributed by atoms with E-state index < -0.39 is 0 Å². The van der Waals surface area contributed by atoms with Gasteiger partial charge in [0.25, 0.3) is 0 Å². The summed E-state index contributed by atoms with van der Waals surface area (Å²) in [6, 6.07) is 0. The molecule has 17 heavy (non-hydrogen) atoms. The van der Waals surface area contributed by atoms with Gasteiger partial charge in [0.15, 0.2) is 0 Å². The normalized spacial score (nSPS) is 15.8. The van der Waals surface area contributed by atoms with Gasteiger partial charge in [-0.1, -0.05) is 0 Å². The molecule has 0 bridgehead atoms. The zero-order chi connectivity index (χ0) is 11.7. The van der Waals surface area contributed by atoms with E-state index in [9.17, 15) is 0 Å². The summed E-state index contributed by atoms with van der Waals surface area (Å²) in [5.41, 5.74) is 10.9.